The Labute approximate surface area is 144 Å². The van der Waals surface area contributed by atoms with Crippen molar-refractivity contribution >= 4 is 5.69 Å². The molecule has 0 bridgehead atoms. The number of benzene rings is 2. The zero-order chi connectivity index (χ0) is 16.9. The number of nitriles is 1. The third-order valence-corrected chi connectivity index (χ3v) is 4.86. The summed E-state index contributed by atoms with van der Waals surface area (Å²) in [5.74, 6) is 0. The standard InChI is InChI=1S/C21H25N3/c1-16(19-8-5-7-18(13-19)15-22)23-17(2)20-9-6-10-21(14-20)24-11-3-4-12-24/h5-10,13-14,16-17,23H,3-4,11-12H2,1-2H3/t16-,17-/m1/s1. The Balaban J connectivity index is 1.71. The minimum absolute atomic E-state index is 0.198. The van der Waals surface area contributed by atoms with Crippen LogP contribution in [0, 0.1) is 11.3 Å². The average Bonchev–Trinajstić information content (AvgIpc) is 3.16. The first-order valence-electron chi connectivity index (χ1n) is 8.78. The molecule has 1 heterocycles. The van der Waals surface area contributed by atoms with Crippen molar-refractivity contribution < 1.29 is 0 Å². The number of anilines is 1. The molecule has 1 saturated heterocycles. The average molecular weight is 319 g/mol. The lowest BCUT2D eigenvalue weighted by molar-refractivity contribution is 0.494. The maximum absolute atomic E-state index is 9.06. The normalized spacial score (nSPS) is 16.6. The molecule has 0 unspecified atom stereocenters. The van der Waals surface area contributed by atoms with E-state index in [-0.39, 0.29) is 12.1 Å². The van der Waals surface area contributed by atoms with Crippen LogP contribution in [0.3, 0.4) is 0 Å². The third kappa shape index (κ3) is 3.77. The van der Waals surface area contributed by atoms with E-state index in [4.69, 9.17) is 5.26 Å². The molecule has 2 aromatic rings. The van der Waals surface area contributed by atoms with Gasteiger partial charge in [-0.15, -0.1) is 0 Å². The fraction of sp³-hybridized carbons (Fsp3) is 0.381. The highest BCUT2D eigenvalue weighted by Gasteiger charge is 2.15. The topological polar surface area (TPSA) is 39.1 Å². The van der Waals surface area contributed by atoms with Gasteiger partial charge in [-0.2, -0.15) is 5.26 Å². The quantitative estimate of drug-likeness (QED) is 0.877. The van der Waals surface area contributed by atoms with Crippen molar-refractivity contribution in [3.8, 4) is 6.07 Å². The van der Waals surface area contributed by atoms with E-state index in [0.29, 0.717) is 5.56 Å². The van der Waals surface area contributed by atoms with Crippen LogP contribution in [0.1, 0.15) is 55.5 Å². The van der Waals surface area contributed by atoms with Crippen molar-refractivity contribution in [3.05, 3.63) is 65.2 Å². The number of rotatable bonds is 5. The van der Waals surface area contributed by atoms with Crippen LogP contribution in [0.25, 0.3) is 0 Å². The second-order valence-electron chi connectivity index (χ2n) is 6.64. The summed E-state index contributed by atoms with van der Waals surface area (Å²) < 4.78 is 0. The van der Waals surface area contributed by atoms with Gasteiger partial charge in [0.05, 0.1) is 11.6 Å². The van der Waals surface area contributed by atoms with Crippen LogP contribution in [0.5, 0.6) is 0 Å². The van der Waals surface area contributed by atoms with E-state index in [1.54, 1.807) is 0 Å². The van der Waals surface area contributed by atoms with Crippen LogP contribution in [0.2, 0.25) is 0 Å². The monoisotopic (exact) mass is 319 g/mol. The van der Waals surface area contributed by atoms with E-state index in [0.717, 1.165) is 5.56 Å². The van der Waals surface area contributed by atoms with E-state index in [1.165, 1.54) is 37.2 Å². The molecule has 3 heteroatoms. The molecule has 0 spiro atoms. The molecule has 1 fully saturated rings. The first kappa shape index (κ1) is 16.5. The smallest absolute Gasteiger partial charge is 0.0991 e. The predicted octanol–water partition coefficient (Wildman–Crippen LogP) is 4.57. The number of nitrogens with zero attached hydrogens (tertiary/aromatic N) is 2. The van der Waals surface area contributed by atoms with Crippen molar-refractivity contribution in [3.63, 3.8) is 0 Å². The molecule has 0 amide bonds. The van der Waals surface area contributed by atoms with Gasteiger partial charge in [-0.1, -0.05) is 24.3 Å². The van der Waals surface area contributed by atoms with E-state index >= 15 is 0 Å². The van der Waals surface area contributed by atoms with Gasteiger partial charge in [-0.25, -0.2) is 0 Å². The highest BCUT2D eigenvalue weighted by atomic mass is 15.1. The summed E-state index contributed by atoms with van der Waals surface area (Å²) in [4.78, 5) is 2.47. The van der Waals surface area contributed by atoms with Crippen LogP contribution >= 0.6 is 0 Å². The summed E-state index contributed by atoms with van der Waals surface area (Å²) in [5, 5.41) is 12.7. The minimum Gasteiger partial charge on any atom is -0.372 e. The van der Waals surface area contributed by atoms with Crippen LogP contribution in [-0.2, 0) is 0 Å². The summed E-state index contributed by atoms with van der Waals surface area (Å²) in [6.45, 7) is 6.69. The fourth-order valence-electron chi connectivity index (χ4n) is 3.41. The summed E-state index contributed by atoms with van der Waals surface area (Å²) in [5.41, 5.74) is 4.50. The maximum atomic E-state index is 9.06. The number of hydrogen-bond donors (Lipinski definition) is 1. The Hall–Kier alpha value is -2.31. The Morgan fingerprint density at radius 2 is 1.58 bits per heavy atom. The van der Waals surface area contributed by atoms with E-state index in [9.17, 15) is 0 Å². The van der Waals surface area contributed by atoms with Gasteiger partial charge in [-0.05, 0) is 62.1 Å². The zero-order valence-electron chi connectivity index (χ0n) is 14.5. The molecule has 0 aliphatic carbocycles. The van der Waals surface area contributed by atoms with Gasteiger partial charge in [0.2, 0.25) is 0 Å². The summed E-state index contributed by atoms with van der Waals surface area (Å²) in [6.07, 6.45) is 2.59. The molecule has 1 N–H and O–H groups in total. The summed E-state index contributed by atoms with van der Waals surface area (Å²) >= 11 is 0. The van der Waals surface area contributed by atoms with Gasteiger partial charge in [0.15, 0.2) is 0 Å². The van der Waals surface area contributed by atoms with Crippen molar-refractivity contribution in [1.82, 2.24) is 5.32 Å². The molecular formula is C21H25N3. The predicted molar refractivity (Wildman–Crippen MR) is 99.0 cm³/mol. The van der Waals surface area contributed by atoms with E-state index in [2.05, 4.69) is 60.5 Å². The molecule has 0 radical (unpaired) electrons. The minimum atomic E-state index is 0.198. The maximum Gasteiger partial charge on any atom is 0.0991 e. The van der Waals surface area contributed by atoms with Gasteiger partial charge < -0.3 is 10.2 Å². The molecular weight excluding hydrogens is 294 g/mol. The lowest BCUT2D eigenvalue weighted by Gasteiger charge is -2.23. The molecule has 3 rings (SSSR count). The van der Waals surface area contributed by atoms with Gasteiger partial charge in [0.1, 0.15) is 0 Å². The lowest BCUT2D eigenvalue weighted by atomic mass is 10.0. The molecule has 3 nitrogen and oxygen atoms in total. The Kier molecular flexibility index (Phi) is 5.17. The molecule has 0 saturated carbocycles. The van der Waals surface area contributed by atoms with E-state index < -0.39 is 0 Å². The van der Waals surface area contributed by atoms with Gasteiger partial charge in [0.25, 0.3) is 0 Å². The highest BCUT2D eigenvalue weighted by Crippen LogP contribution is 2.25. The Morgan fingerprint density at radius 1 is 0.958 bits per heavy atom. The van der Waals surface area contributed by atoms with Crippen molar-refractivity contribution in [2.45, 2.75) is 38.8 Å². The number of hydrogen-bond acceptors (Lipinski definition) is 3. The van der Waals surface area contributed by atoms with Gasteiger partial charge in [0, 0.05) is 30.9 Å². The van der Waals surface area contributed by atoms with Crippen LogP contribution in [0.15, 0.2) is 48.5 Å². The first-order valence-corrected chi connectivity index (χ1v) is 8.78. The van der Waals surface area contributed by atoms with Crippen LogP contribution in [-0.4, -0.2) is 13.1 Å². The molecule has 1 aliphatic heterocycles. The summed E-state index contributed by atoms with van der Waals surface area (Å²) in [6, 6.07) is 19.4. The number of nitrogens with one attached hydrogen (secondary N) is 1. The molecule has 0 aromatic heterocycles. The molecule has 124 valence electrons. The summed E-state index contributed by atoms with van der Waals surface area (Å²) in [7, 11) is 0. The second kappa shape index (κ2) is 7.51. The third-order valence-electron chi connectivity index (χ3n) is 4.86. The molecule has 1 aliphatic rings. The van der Waals surface area contributed by atoms with Crippen LogP contribution in [0.4, 0.5) is 5.69 Å². The van der Waals surface area contributed by atoms with Gasteiger partial charge in [-0.3, -0.25) is 0 Å². The van der Waals surface area contributed by atoms with Crippen molar-refractivity contribution in [1.29, 1.82) is 5.26 Å². The first-order chi connectivity index (χ1) is 11.7. The zero-order valence-corrected chi connectivity index (χ0v) is 14.5. The van der Waals surface area contributed by atoms with Crippen molar-refractivity contribution in [2.24, 2.45) is 0 Å². The second-order valence-corrected chi connectivity index (χ2v) is 6.64. The Morgan fingerprint density at radius 3 is 2.25 bits per heavy atom. The Bertz CT molecular complexity index is 726. The SMILES string of the molecule is C[C@@H](N[C@H](C)c1cccc(N2CCCC2)c1)c1cccc(C#N)c1. The van der Waals surface area contributed by atoms with Crippen LogP contribution < -0.4 is 10.2 Å². The van der Waals surface area contributed by atoms with Crippen molar-refractivity contribution in [2.75, 3.05) is 18.0 Å². The molecule has 2 atom stereocenters. The van der Waals surface area contributed by atoms with Gasteiger partial charge >= 0.3 is 0 Å². The highest BCUT2D eigenvalue weighted by molar-refractivity contribution is 5.50. The lowest BCUT2D eigenvalue weighted by Crippen LogP contribution is -2.23. The fourth-order valence-corrected chi connectivity index (χ4v) is 3.41. The molecule has 2 aromatic carbocycles. The largest absolute Gasteiger partial charge is 0.372 e. The van der Waals surface area contributed by atoms with E-state index in [1.807, 2.05) is 18.2 Å². The molecule has 24 heavy (non-hydrogen) atoms.